The van der Waals surface area contributed by atoms with E-state index in [-0.39, 0.29) is 17.1 Å². The van der Waals surface area contributed by atoms with Crippen molar-refractivity contribution in [1.29, 1.82) is 0 Å². The molecule has 0 radical (unpaired) electrons. The molecule has 0 amide bonds. The van der Waals surface area contributed by atoms with Crippen LogP contribution in [0.2, 0.25) is 0 Å². The number of hydrogen-bond acceptors (Lipinski definition) is 5. The SMILES string of the molecule is CCOC(=O)C1=CNc2cc(=O)[nH]n2C1(O)C(F)(F)F. The Labute approximate surface area is 109 Å². The van der Waals surface area contributed by atoms with Crippen molar-refractivity contribution in [3.8, 4) is 0 Å². The number of nitrogens with zero attached hydrogens (tertiary/aromatic N) is 1. The number of aromatic nitrogens is 2. The highest BCUT2D eigenvalue weighted by molar-refractivity contribution is 5.91. The molecule has 20 heavy (non-hydrogen) atoms. The van der Waals surface area contributed by atoms with E-state index in [1.165, 1.54) is 6.92 Å². The molecular formula is C10H10F3N3O4. The molecule has 3 N–H and O–H groups in total. The average molecular weight is 293 g/mol. The lowest BCUT2D eigenvalue weighted by Gasteiger charge is -2.35. The lowest BCUT2D eigenvalue weighted by atomic mass is 10.0. The van der Waals surface area contributed by atoms with Crippen LogP contribution < -0.4 is 10.9 Å². The van der Waals surface area contributed by atoms with Crippen LogP contribution in [-0.2, 0) is 15.3 Å². The monoisotopic (exact) mass is 293 g/mol. The molecule has 7 nitrogen and oxygen atoms in total. The maximum absolute atomic E-state index is 13.2. The van der Waals surface area contributed by atoms with Gasteiger partial charge in [-0.25, -0.2) is 9.48 Å². The minimum absolute atomic E-state index is 0.140. The number of rotatable bonds is 2. The van der Waals surface area contributed by atoms with E-state index in [1.54, 1.807) is 5.10 Å². The minimum atomic E-state index is -5.25. The van der Waals surface area contributed by atoms with Crippen molar-refractivity contribution in [3.63, 3.8) is 0 Å². The number of fused-ring (bicyclic) bond motifs is 1. The molecule has 1 aromatic heterocycles. The second-order valence-corrected chi connectivity index (χ2v) is 3.93. The average Bonchev–Trinajstić information content (AvgIpc) is 2.70. The predicted octanol–water partition coefficient (Wildman–Crippen LogP) is 0.256. The number of carbonyl (C=O) groups excluding carboxylic acids is 1. The Hall–Kier alpha value is -2.23. The second kappa shape index (κ2) is 4.40. The third-order valence-electron chi connectivity index (χ3n) is 2.68. The van der Waals surface area contributed by atoms with Crippen LogP contribution in [0.5, 0.6) is 0 Å². The smallest absolute Gasteiger partial charge is 0.443 e. The zero-order valence-corrected chi connectivity index (χ0v) is 10.1. The van der Waals surface area contributed by atoms with Crippen LogP contribution in [0.25, 0.3) is 0 Å². The molecule has 10 heteroatoms. The Morgan fingerprint density at radius 2 is 2.20 bits per heavy atom. The molecule has 0 aliphatic carbocycles. The number of hydrogen-bond donors (Lipinski definition) is 3. The van der Waals surface area contributed by atoms with Crippen LogP contribution in [0, 0.1) is 0 Å². The fourth-order valence-electron chi connectivity index (χ4n) is 1.81. The number of esters is 1. The van der Waals surface area contributed by atoms with Crippen molar-refractivity contribution in [2.75, 3.05) is 11.9 Å². The normalized spacial score (nSPS) is 21.8. The fourth-order valence-corrected chi connectivity index (χ4v) is 1.81. The van der Waals surface area contributed by atoms with Crippen molar-refractivity contribution in [1.82, 2.24) is 9.78 Å². The van der Waals surface area contributed by atoms with Crippen molar-refractivity contribution >= 4 is 11.8 Å². The van der Waals surface area contributed by atoms with Gasteiger partial charge in [0.25, 0.3) is 11.3 Å². The Morgan fingerprint density at radius 3 is 2.75 bits per heavy atom. The van der Waals surface area contributed by atoms with Gasteiger partial charge in [0.05, 0.1) is 6.61 Å². The second-order valence-electron chi connectivity index (χ2n) is 3.93. The van der Waals surface area contributed by atoms with Gasteiger partial charge in [0.15, 0.2) is 0 Å². The number of aliphatic hydroxyl groups is 1. The van der Waals surface area contributed by atoms with Gasteiger partial charge in [0, 0.05) is 12.3 Å². The summed E-state index contributed by atoms with van der Waals surface area (Å²) < 4.78 is 44.2. The first kappa shape index (κ1) is 14.2. The first-order valence-electron chi connectivity index (χ1n) is 5.47. The Morgan fingerprint density at radius 1 is 1.55 bits per heavy atom. The lowest BCUT2D eigenvalue weighted by molar-refractivity contribution is -0.285. The molecule has 0 aromatic carbocycles. The zero-order valence-electron chi connectivity index (χ0n) is 10.1. The highest BCUT2D eigenvalue weighted by Crippen LogP contribution is 2.43. The molecule has 0 spiro atoms. The summed E-state index contributed by atoms with van der Waals surface area (Å²) in [5.41, 5.74) is -5.65. The molecule has 1 aliphatic rings. The first-order valence-corrected chi connectivity index (χ1v) is 5.47. The summed E-state index contributed by atoms with van der Waals surface area (Å²) in [6, 6.07) is 0.815. The topological polar surface area (TPSA) is 96.4 Å². The summed E-state index contributed by atoms with van der Waals surface area (Å²) in [5, 5.41) is 14.1. The number of nitrogens with one attached hydrogen (secondary N) is 2. The molecule has 1 unspecified atom stereocenters. The third-order valence-corrected chi connectivity index (χ3v) is 2.68. The molecule has 2 rings (SSSR count). The predicted molar refractivity (Wildman–Crippen MR) is 59.6 cm³/mol. The summed E-state index contributed by atoms with van der Waals surface area (Å²) in [6.07, 6.45) is -4.58. The molecule has 0 saturated heterocycles. The maximum atomic E-state index is 13.2. The van der Waals surface area contributed by atoms with E-state index in [0.29, 0.717) is 6.20 Å². The molecule has 1 aromatic rings. The van der Waals surface area contributed by atoms with Crippen molar-refractivity contribution < 1.29 is 27.8 Å². The summed E-state index contributed by atoms with van der Waals surface area (Å²) in [5.74, 6) is -1.68. The fraction of sp³-hybridized carbons (Fsp3) is 0.400. The van der Waals surface area contributed by atoms with E-state index in [9.17, 15) is 27.9 Å². The van der Waals surface area contributed by atoms with Gasteiger partial charge in [0.1, 0.15) is 11.4 Å². The van der Waals surface area contributed by atoms with Gasteiger partial charge in [0.2, 0.25) is 0 Å². The van der Waals surface area contributed by atoms with Crippen LogP contribution in [0.15, 0.2) is 22.6 Å². The molecular weight excluding hydrogens is 283 g/mol. The molecule has 110 valence electrons. The summed E-state index contributed by atoms with van der Waals surface area (Å²) in [7, 11) is 0. The van der Waals surface area contributed by atoms with Gasteiger partial charge in [-0.05, 0) is 6.92 Å². The number of ether oxygens (including phenoxy) is 1. The highest BCUT2D eigenvalue weighted by atomic mass is 19.4. The van der Waals surface area contributed by atoms with Crippen molar-refractivity contribution in [2.45, 2.75) is 18.8 Å². The number of aromatic amines is 1. The number of alkyl halides is 3. The number of H-pyrrole nitrogens is 1. The van der Waals surface area contributed by atoms with Crippen LogP contribution in [0.3, 0.4) is 0 Å². The standard InChI is InChI=1S/C10H10F3N3O4/c1-2-20-8(18)5-4-14-6-3-7(17)15-16(6)9(5,19)10(11,12)13/h3-4,14,19H,2H2,1H3,(H,15,17). The number of anilines is 1. The van der Waals surface area contributed by atoms with Gasteiger partial charge in [-0.1, -0.05) is 0 Å². The van der Waals surface area contributed by atoms with E-state index < -0.39 is 29.0 Å². The molecule has 1 aliphatic heterocycles. The van der Waals surface area contributed by atoms with Gasteiger partial charge in [-0.2, -0.15) is 13.2 Å². The summed E-state index contributed by atoms with van der Waals surface area (Å²) in [6.45, 7) is 1.24. The Balaban J connectivity index is 2.62. The number of halogens is 3. The first-order chi connectivity index (χ1) is 9.21. The highest BCUT2D eigenvalue weighted by Gasteiger charge is 2.63. The van der Waals surface area contributed by atoms with Crippen LogP contribution in [0.4, 0.5) is 19.0 Å². The quantitative estimate of drug-likeness (QED) is 0.680. The largest absolute Gasteiger partial charge is 0.462 e. The third kappa shape index (κ3) is 1.88. The van der Waals surface area contributed by atoms with E-state index >= 15 is 0 Å². The molecule has 2 heterocycles. The van der Waals surface area contributed by atoms with Gasteiger partial charge < -0.3 is 15.2 Å². The van der Waals surface area contributed by atoms with Crippen molar-refractivity contribution in [2.24, 2.45) is 0 Å². The van der Waals surface area contributed by atoms with Gasteiger partial charge in [-0.15, -0.1) is 0 Å². The zero-order chi connectivity index (χ0) is 15.1. The van der Waals surface area contributed by atoms with Crippen molar-refractivity contribution in [3.05, 3.63) is 28.2 Å². The lowest BCUT2D eigenvalue weighted by Crippen LogP contribution is -2.54. The van der Waals surface area contributed by atoms with Gasteiger partial charge >= 0.3 is 12.1 Å². The minimum Gasteiger partial charge on any atom is -0.462 e. The number of carbonyl (C=O) groups is 1. The van der Waals surface area contributed by atoms with E-state index in [1.807, 2.05) is 0 Å². The molecule has 0 saturated carbocycles. The summed E-state index contributed by atoms with van der Waals surface area (Å²) in [4.78, 5) is 22.7. The summed E-state index contributed by atoms with van der Waals surface area (Å²) >= 11 is 0. The Bertz CT molecular complexity index is 630. The molecule has 0 fully saturated rings. The molecule has 0 bridgehead atoms. The van der Waals surface area contributed by atoms with Crippen LogP contribution in [-0.4, -0.2) is 33.6 Å². The van der Waals surface area contributed by atoms with E-state index in [4.69, 9.17) is 0 Å². The maximum Gasteiger partial charge on any atom is 0.443 e. The van der Waals surface area contributed by atoms with Crippen LogP contribution >= 0.6 is 0 Å². The van der Waals surface area contributed by atoms with Crippen LogP contribution in [0.1, 0.15) is 6.92 Å². The van der Waals surface area contributed by atoms with E-state index in [0.717, 1.165) is 6.07 Å². The van der Waals surface area contributed by atoms with E-state index in [2.05, 4.69) is 10.1 Å². The van der Waals surface area contributed by atoms with Gasteiger partial charge in [-0.3, -0.25) is 9.89 Å². The molecule has 1 atom stereocenters. The Kier molecular flexibility index (Phi) is 3.12.